The standard InChI is InChI=1S/C34H41N5O3/c1-24-9-10-26(19-25(24)2)22-35-37-34(42)31-21-29(39-15-4-3-5-16-39)11-12-32(31)36-33(41)28-8-6-7-27(20-28)23-38-17-13-30(40)14-18-38/h6-12,19-22,30,40H,3-5,13-18,23H2,1-2H3,(H,36,41)(H,37,42)/b35-22+. The maximum Gasteiger partial charge on any atom is 0.273 e. The fourth-order valence-electron chi connectivity index (χ4n) is 5.59. The van der Waals surface area contributed by atoms with Crippen molar-refractivity contribution in [2.75, 3.05) is 36.4 Å². The van der Waals surface area contributed by atoms with Crippen LogP contribution in [0, 0.1) is 13.8 Å². The van der Waals surface area contributed by atoms with E-state index in [9.17, 15) is 14.7 Å². The van der Waals surface area contributed by atoms with Crippen LogP contribution in [-0.2, 0) is 6.54 Å². The summed E-state index contributed by atoms with van der Waals surface area (Å²) in [7, 11) is 0. The molecular formula is C34H41N5O3. The summed E-state index contributed by atoms with van der Waals surface area (Å²) in [6.07, 6.45) is 6.41. The van der Waals surface area contributed by atoms with Crippen LogP contribution in [0.15, 0.2) is 65.8 Å². The number of likely N-dealkylation sites (tertiary alicyclic amines) is 1. The molecular weight excluding hydrogens is 526 g/mol. The highest BCUT2D eigenvalue weighted by Crippen LogP contribution is 2.27. The summed E-state index contributed by atoms with van der Waals surface area (Å²) in [5.41, 5.74) is 9.25. The first kappa shape index (κ1) is 29.5. The van der Waals surface area contributed by atoms with Gasteiger partial charge in [0.15, 0.2) is 0 Å². The molecule has 0 saturated carbocycles. The van der Waals surface area contributed by atoms with Crippen LogP contribution in [0.2, 0.25) is 0 Å². The van der Waals surface area contributed by atoms with Crippen LogP contribution < -0.4 is 15.6 Å². The Labute approximate surface area is 248 Å². The van der Waals surface area contributed by atoms with Gasteiger partial charge in [-0.25, -0.2) is 5.43 Å². The summed E-state index contributed by atoms with van der Waals surface area (Å²) >= 11 is 0. The molecule has 5 rings (SSSR count). The Kier molecular flexibility index (Phi) is 9.66. The Morgan fingerprint density at radius 3 is 2.45 bits per heavy atom. The van der Waals surface area contributed by atoms with Crippen molar-refractivity contribution < 1.29 is 14.7 Å². The minimum Gasteiger partial charge on any atom is -0.393 e. The number of benzene rings is 3. The van der Waals surface area contributed by atoms with Crippen molar-refractivity contribution in [1.82, 2.24) is 10.3 Å². The Bertz CT molecular complexity index is 1440. The summed E-state index contributed by atoms with van der Waals surface area (Å²) in [5.74, 6) is -0.658. The third-order valence-corrected chi connectivity index (χ3v) is 8.28. The number of carbonyl (C=O) groups is 2. The SMILES string of the molecule is Cc1ccc(/C=N/NC(=O)c2cc(N3CCCCC3)ccc2NC(=O)c2cccc(CN3CCC(O)CC3)c2)cc1C. The Morgan fingerprint density at radius 2 is 1.69 bits per heavy atom. The lowest BCUT2D eigenvalue weighted by Gasteiger charge is -2.29. The zero-order valence-corrected chi connectivity index (χ0v) is 24.6. The number of aliphatic hydroxyl groups is 1. The molecule has 8 nitrogen and oxygen atoms in total. The van der Waals surface area contributed by atoms with Crippen LogP contribution in [0.3, 0.4) is 0 Å². The first-order chi connectivity index (χ1) is 20.4. The highest BCUT2D eigenvalue weighted by atomic mass is 16.3. The minimum absolute atomic E-state index is 0.219. The van der Waals surface area contributed by atoms with Gasteiger partial charge in [-0.05, 0) is 98.5 Å². The van der Waals surface area contributed by atoms with Crippen molar-refractivity contribution >= 4 is 29.4 Å². The molecule has 8 heteroatoms. The Balaban J connectivity index is 1.33. The van der Waals surface area contributed by atoms with Crippen molar-refractivity contribution in [3.8, 4) is 0 Å². The van der Waals surface area contributed by atoms with Gasteiger partial charge in [0.1, 0.15) is 0 Å². The molecule has 0 radical (unpaired) electrons. The van der Waals surface area contributed by atoms with E-state index in [2.05, 4.69) is 32.6 Å². The van der Waals surface area contributed by atoms with Crippen LogP contribution in [-0.4, -0.2) is 60.3 Å². The smallest absolute Gasteiger partial charge is 0.273 e. The molecule has 42 heavy (non-hydrogen) atoms. The van der Waals surface area contributed by atoms with Gasteiger partial charge in [0.25, 0.3) is 11.8 Å². The Morgan fingerprint density at radius 1 is 0.905 bits per heavy atom. The number of carbonyl (C=O) groups excluding carboxylic acids is 2. The fraction of sp³-hybridized carbons (Fsp3) is 0.382. The molecule has 2 saturated heterocycles. The number of rotatable bonds is 8. The summed E-state index contributed by atoms with van der Waals surface area (Å²) < 4.78 is 0. The van der Waals surface area contributed by atoms with E-state index < -0.39 is 0 Å². The topological polar surface area (TPSA) is 97.3 Å². The lowest BCUT2D eigenvalue weighted by molar-refractivity contribution is 0.0792. The predicted molar refractivity (Wildman–Crippen MR) is 168 cm³/mol. The van der Waals surface area contributed by atoms with E-state index >= 15 is 0 Å². The number of hydrogen-bond donors (Lipinski definition) is 3. The highest BCUT2D eigenvalue weighted by molar-refractivity contribution is 6.09. The second-order valence-corrected chi connectivity index (χ2v) is 11.5. The van der Waals surface area contributed by atoms with E-state index in [-0.39, 0.29) is 17.9 Å². The van der Waals surface area contributed by atoms with E-state index in [0.717, 1.165) is 80.8 Å². The molecule has 0 aliphatic carbocycles. The van der Waals surface area contributed by atoms with Crippen LogP contribution >= 0.6 is 0 Å². The number of anilines is 2. The quantitative estimate of drug-likeness (QED) is 0.255. The number of amides is 2. The van der Waals surface area contributed by atoms with Gasteiger partial charge < -0.3 is 15.3 Å². The lowest BCUT2D eigenvalue weighted by atomic mass is 10.0. The van der Waals surface area contributed by atoms with E-state index in [0.29, 0.717) is 16.8 Å². The first-order valence-electron chi connectivity index (χ1n) is 15.0. The van der Waals surface area contributed by atoms with Crippen LogP contribution in [0.1, 0.15) is 75.1 Å². The number of piperidine rings is 2. The van der Waals surface area contributed by atoms with Gasteiger partial charge >= 0.3 is 0 Å². The molecule has 220 valence electrons. The summed E-state index contributed by atoms with van der Waals surface area (Å²) in [4.78, 5) is 31.4. The first-order valence-corrected chi connectivity index (χ1v) is 15.0. The molecule has 0 spiro atoms. The zero-order chi connectivity index (χ0) is 29.5. The molecule has 3 N–H and O–H groups in total. The van der Waals surface area contributed by atoms with Gasteiger partial charge in [0.05, 0.1) is 23.6 Å². The highest BCUT2D eigenvalue weighted by Gasteiger charge is 2.20. The van der Waals surface area contributed by atoms with Gasteiger partial charge in [-0.2, -0.15) is 5.10 Å². The number of hydrogen-bond acceptors (Lipinski definition) is 6. The average molecular weight is 568 g/mol. The summed E-state index contributed by atoms with van der Waals surface area (Å²) in [6, 6.07) is 19.2. The van der Waals surface area contributed by atoms with E-state index in [1.807, 2.05) is 61.5 Å². The average Bonchev–Trinajstić information content (AvgIpc) is 3.01. The van der Waals surface area contributed by atoms with Gasteiger partial charge in [-0.15, -0.1) is 0 Å². The molecule has 0 bridgehead atoms. The maximum absolute atomic E-state index is 13.4. The second kappa shape index (κ2) is 13.8. The lowest BCUT2D eigenvalue weighted by Crippen LogP contribution is -2.35. The molecule has 2 aliphatic rings. The van der Waals surface area contributed by atoms with E-state index in [1.54, 1.807) is 12.3 Å². The number of aryl methyl sites for hydroxylation is 2. The van der Waals surface area contributed by atoms with Gasteiger partial charge in [0, 0.05) is 44.0 Å². The molecule has 2 aliphatic heterocycles. The van der Waals surface area contributed by atoms with Crippen LogP contribution in [0.25, 0.3) is 0 Å². The van der Waals surface area contributed by atoms with Gasteiger partial charge in [-0.1, -0.05) is 30.3 Å². The van der Waals surface area contributed by atoms with Crippen molar-refractivity contribution in [3.05, 3.63) is 94.0 Å². The molecule has 0 atom stereocenters. The van der Waals surface area contributed by atoms with Crippen molar-refractivity contribution in [3.63, 3.8) is 0 Å². The van der Waals surface area contributed by atoms with Crippen molar-refractivity contribution in [1.29, 1.82) is 0 Å². The molecule has 3 aromatic rings. The minimum atomic E-state index is -0.384. The molecule has 0 aromatic heterocycles. The summed E-state index contributed by atoms with van der Waals surface area (Å²) in [5, 5.41) is 17.0. The van der Waals surface area contributed by atoms with Crippen molar-refractivity contribution in [2.24, 2.45) is 5.10 Å². The van der Waals surface area contributed by atoms with Crippen molar-refractivity contribution in [2.45, 2.75) is 58.6 Å². The maximum atomic E-state index is 13.4. The molecule has 2 amide bonds. The third kappa shape index (κ3) is 7.63. The molecule has 0 unspecified atom stereocenters. The number of nitrogens with zero attached hydrogens (tertiary/aromatic N) is 3. The van der Waals surface area contributed by atoms with Gasteiger partial charge in [-0.3, -0.25) is 14.5 Å². The van der Waals surface area contributed by atoms with E-state index in [4.69, 9.17) is 0 Å². The monoisotopic (exact) mass is 567 g/mol. The zero-order valence-electron chi connectivity index (χ0n) is 24.6. The molecule has 2 heterocycles. The number of hydrazone groups is 1. The Hall–Kier alpha value is -4.01. The summed E-state index contributed by atoms with van der Waals surface area (Å²) in [6.45, 7) is 8.39. The molecule has 2 fully saturated rings. The third-order valence-electron chi connectivity index (χ3n) is 8.28. The largest absolute Gasteiger partial charge is 0.393 e. The van der Waals surface area contributed by atoms with E-state index in [1.165, 1.54) is 12.0 Å². The number of nitrogens with one attached hydrogen (secondary N) is 2. The fourth-order valence-corrected chi connectivity index (χ4v) is 5.59. The van der Waals surface area contributed by atoms with Gasteiger partial charge in [0.2, 0.25) is 0 Å². The van der Waals surface area contributed by atoms with Crippen LogP contribution in [0.4, 0.5) is 11.4 Å². The molecule has 3 aromatic carbocycles. The predicted octanol–water partition coefficient (Wildman–Crippen LogP) is 5.27. The van der Waals surface area contributed by atoms with Crippen LogP contribution in [0.5, 0.6) is 0 Å². The second-order valence-electron chi connectivity index (χ2n) is 11.5. The number of aliphatic hydroxyl groups excluding tert-OH is 1. The normalized spacial score (nSPS) is 16.5.